The number of aromatic nitrogens is 1. The Morgan fingerprint density at radius 2 is 1.97 bits per heavy atom. The van der Waals surface area contributed by atoms with Crippen molar-refractivity contribution in [2.75, 3.05) is 18.4 Å². The third kappa shape index (κ3) is 3.98. The highest BCUT2D eigenvalue weighted by Gasteiger charge is 2.34. The first-order valence-electron chi connectivity index (χ1n) is 9.52. The van der Waals surface area contributed by atoms with Gasteiger partial charge < -0.3 is 9.73 Å². The second-order valence-electron chi connectivity index (χ2n) is 7.37. The van der Waals surface area contributed by atoms with Gasteiger partial charge in [-0.1, -0.05) is 0 Å². The molecular formula is C20H19F2N3O5S. The summed E-state index contributed by atoms with van der Waals surface area (Å²) in [5.74, 6) is -3.53. The van der Waals surface area contributed by atoms with Crippen molar-refractivity contribution in [3.63, 3.8) is 0 Å². The molecule has 4 rings (SSSR count). The van der Waals surface area contributed by atoms with Crippen molar-refractivity contribution in [1.82, 2.24) is 8.87 Å². The number of sulfonamides is 1. The van der Waals surface area contributed by atoms with Crippen LogP contribution in [0.3, 0.4) is 0 Å². The maximum atomic E-state index is 13.8. The third-order valence-corrected chi connectivity index (χ3v) is 7.21. The van der Waals surface area contributed by atoms with Crippen molar-refractivity contribution in [2.45, 2.75) is 17.7 Å². The first kappa shape index (κ1) is 21.2. The highest BCUT2D eigenvalue weighted by molar-refractivity contribution is 7.89. The number of hydrogen-bond donors (Lipinski definition) is 1. The smallest absolute Gasteiger partial charge is 0.408 e. The van der Waals surface area contributed by atoms with Crippen molar-refractivity contribution < 1.29 is 26.4 Å². The molecule has 1 fully saturated rings. The molecule has 8 nitrogen and oxygen atoms in total. The summed E-state index contributed by atoms with van der Waals surface area (Å²) in [5, 5.41) is 2.40. The number of hydrogen-bond acceptors (Lipinski definition) is 5. The molecule has 1 N–H and O–H groups in total. The Bertz CT molecular complexity index is 1330. The largest absolute Gasteiger partial charge is 0.419 e. The Hall–Kier alpha value is -3.05. The lowest BCUT2D eigenvalue weighted by molar-refractivity contribution is -0.120. The van der Waals surface area contributed by atoms with Gasteiger partial charge in [-0.25, -0.2) is 22.0 Å². The van der Waals surface area contributed by atoms with Gasteiger partial charge in [0.15, 0.2) is 5.58 Å². The molecule has 1 aliphatic rings. The number of carbonyl (C=O) groups excluding carboxylic acids is 1. The van der Waals surface area contributed by atoms with E-state index in [1.165, 1.54) is 34.1 Å². The number of rotatable bonds is 4. The highest BCUT2D eigenvalue weighted by atomic mass is 32.2. The molecule has 2 heterocycles. The minimum Gasteiger partial charge on any atom is -0.408 e. The Labute approximate surface area is 176 Å². The summed E-state index contributed by atoms with van der Waals surface area (Å²) in [7, 11) is -2.44. The average Bonchev–Trinajstić information content (AvgIpc) is 3.03. The Morgan fingerprint density at radius 3 is 2.71 bits per heavy atom. The van der Waals surface area contributed by atoms with Crippen molar-refractivity contribution >= 4 is 32.7 Å². The molecule has 1 amide bonds. The van der Waals surface area contributed by atoms with E-state index in [0.29, 0.717) is 24.4 Å². The fraction of sp³-hybridized carbons (Fsp3) is 0.300. The monoisotopic (exact) mass is 451 g/mol. The summed E-state index contributed by atoms with van der Waals surface area (Å²) < 4.78 is 60.6. The van der Waals surface area contributed by atoms with Crippen molar-refractivity contribution in [3.8, 4) is 0 Å². The summed E-state index contributed by atoms with van der Waals surface area (Å²) in [6, 6.07) is 6.94. The Kier molecular flexibility index (Phi) is 5.40. The van der Waals surface area contributed by atoms with Gasteiger partial charge in [-0.15, -0.1) is 0 Å². The number of benzene rings is 2. The van der Waals surface area contributed by atoms with Crippen LogP contribution in [0, 0.1) is 17.6 Å². The number of amides is 1. The fourth-order valence-electron chi connectivity index (χ4n) is 3.62. The molecule has 1 aliphatic heterocycles. The van der Waals surface area contributed by atoms with Gasteiger partial charge in [-0.05, 0) is 37.1 Å². The molecule has 2 aromatic carbocycles. The zero-order valence-corrected chi connectivity index (χ0v) is 17.3. The van der Waals surface area contributed by atoms with Crippen LogP contribution >= 0.6 is 0 Å². The lowest BCUT2D eigenvalue weighted by atomic mass is 9.98. The summed E-state index contributed by atoms with van der Waals surface area (Å²) in [5.41, 5.74) is 0.434. The number of nitrogens with one attached hydrogen (secondary N) is 1. The summed E-state index contributed by atoms with van der Waals surface area (Å²) in [6.07, 6.45) is 0.860. The number of anilines is 1. The second-order valence-corrected chi connectivity index (χ2v) is 9.31. The average molecular weight is 451 g/mol. The highest BCUT2D eigenvalue weighted by Crippen LogP contribution is 2.27. The topological polar surface area (TPSA) is 102 Å². The zero-order chi connectivity index (χ0) is 22.3. The van der Waals surface area contributed by atoms with Gasteiger partial charge in [0.2, 0.25) is 15.9 Å². The van der Waals surface area contributed by atoms with Gasteiger partial charge in [0.25, 0.3) is 0 Å². The molecule has 0 spiro atoms. The minimum absolute atomic E-state index is 0.0556. The number of carbonyl (C=O) groups is 1. The van der Waals surface area contributed by atoms with Crippen LogP contribution in [-0.2, 0) is 21.9 Å². The third-order valence-electron chi connectivity index (χ3n) is 5.35. The van der Waals surface area contributed by atoms with Crippen molar-refractivity contribution in [3.05, 3.63) is 58.6 Å². The molecule has 31 heavy (non-hydrogen) atoms. The molecule has 1 atom stereocenters. The van der Waals surface area contributed by atoms with E-state index >= 15 is 0 Å². The molecular weight excluding hydrogens is 432 g/mol. The summed E-state index contributed by atoms with van der Waals surface area (Å²) in [6.45, 7) is 0.127. The van der Waals surface area contributed by atoms with Crippen molar-refractivity contribution in [1.29, 1.82) is 0 Å². The van der Waals surface area contributed by atoms with Crippen LogP contribution in [0.2, 0.25) is 0 Å². The molecule has 0 radical (unpaired) electrons. The van der Waals surface area contributed by atoms with Crippen LogP contribution in [0.5, 0.6) is 0 Å². The molecule has 0 unspecified atom stereocenters. The molecule has 0 aliphatic carbocycles. The zero-order valence-electron chi connectivity index (χ0n) is 16.5. The van der Waals surface area contributed by atoms with Crippen LogP contribution in [0.25, 0.3) is 11.1 Å². The summed E-state index contributed by atoms with van der Waals surface area (Å²) >= 11 is 0. The molecule has 164 valence electrons. The van der Waals surface area contributed by atoms with Gasteiger partial charge in [-0.2, -0.15) is 4.31 Å². The van der Waals surface area contributed by atoms with Crippen molar-refractivity contribution in [2.24, 2.45) is 13.0 Å². The van der Waals surface area contributed by atoms with E-state index in [1.54, 1.807) is 0 Å². The molecule has 0 saturated carbocycles. The maximum absolute atomic E-state index is 13.8. The lowest BCUT2D eigenvalue weighted by Gasteiger charge is -2.31. The maximum Gasteiger partial charge on any atom is 0.419 e. The van der Waals surface area contributed by atoms with Gasteiger partial charge in [0.1, 0.15) is 11.6 Å². The van der Waals surface area contributed by atoms with Crippen LogP contribution in [0.4, 0.5) is 14.5 Å². The van der Waals surface area contributed by atoms with E-state index in [0.717, 1.165) is 12.1 Å². The van der Waals surface area contributed by atoms with E-state index in [9.17, 15) is 26.8 Å². The van der Waals surface area contributed by atoms with Crippen LogP contribution in [0.15, 0.2) is 50.5 Å². The SMILES string of the molecule is Cn1c(=O)oc2cc(S(=O)(=O)N3CCC[C@@H](C(=O)Nc4ccc(F)cc4F)C3)ccc21. The molecule has 3 aromatic rings. The predicted octanol–water partition coefficient (Wildman–Crippen LogP) is 2.45. The van der Waals surface area contributed by atoms with E-state index < -0.39 is 39.2 Å². The first-order valence-corrected chi connectivity index (χ1v) is 11.0. The van der Waals surface area contributed by atoms with E-state index in [1.807, 2.05) is 0 Å². The predicted molar refractivity (Wildman–Crippen MR) is 108 cm³/mol. The number of aryl methyl sites for hydroxylation is 1. The fourth-order valence-corrected chi connectivity index (χ4v) is 5.16. The van der Waals surface area contributed by atoms with E-state index in [4.69, 9.17) is 4.42 Å². The normalized spacial score (nSPS) is 17.7. The van der Waals surface area contributed by atoms with Crippen LogP contribution in [0.1, 0.15) is 12.8 Å². The number of halogens is 2. The molecule has 0 bridgehead atoms. The minimum atomic E-state index is -3.95. The first-order chi connectivity index (χ1) is 14.7. The van der Waals surface area contributed by atoms with E-state index in [2.05, 4.69) is 5.32 Å². The molecule has 1 saturated heterocycles. The number of nitrogens with zero attached hydrogens (tertiary/aromatic N) is 2. The Morgan fingerprint density at radius 1 is 1.19 bits per heavy atom. The lowest BCUT2D eigenvalue weighted by Crippen LogP contribution is -2.43. The quantitative estimate of drug-likeness (QED) is 0.657. The summed E-state index contributed by atoms with van der Waals surface area (Å²) in [4.78, 5) is 24.2. The van der Waals surface area contributed by atoms with Crippen LogP contribution < -0.4 is 11.1 Å². The van der Waals surface area contributed by atoms with Gasteiger partial charge >= 0.3 is 5.76 Å². The van der Waals surface area contributed by atoms with E-state index in [-0.39, 0.29) is 29.3 Å². The second kappa shape index (κ2) is 7.89. The number of piperidine rings is 1. The standard InChI is InChI=1S/C20H19F2N3O5S/c1-24-17-7-5-14(10-18(17)30-20(24)27)31(28,29)25-8-2-3-12(11-25)19(26)23-16-6-4-13(21)9-15(16)22/h4-7,9-10,12H,2-3,8,11H2,1H3,(H,23,26)/t12-/m1/s1. The Balaban J connectivity index is 1.54. The molecule has 11 heteroatoms. The van der Waals surface area contributed by atoms with Gasteiger partial charge in [0, 0.05) is 32.3 Å². The number of oxazole rings is 1. The number of fused-ring (bicyclic) bond motifs is 1. The molecule has 1 aromatic heterocycles. The van der Waals surface area contributed by atoms with Crippen LogP contribution in [-0.4, -0.2) is 36.3 Å². The van der Waals surface area contributed by atoms with Gasteiger partial charge in [0.05, 0.1) is 22.0 Å². The van der Waals surface area contributed by atoms with Gasteiger partial charge in [-0.3, -0.25) is 9.36 Å².